The predicted octanol–water partition coefficient (Wildman–Crippen LogP) is 2.79. The third-order valence-corrected chi connectivity index (χ3v) is 2.10. The average molecular weight is 280 g/mol. The molecule has 0 radical (unpaired) electrons. The third-order valence-electron chi connectivity index (χ3n) is 1.43. The van der Waals surface area contributed by atoms with Crippen LogP contribution in [0.15, 0.2) is 24.3 Å². The molecule has 1 aromatic rings. The van der Waals surface area contributed by atoms with E-state index in [1.807, 2.05) is 0 Å². The molecule has 1 aromatic carbocycles. The summed E-state index contributed by atoms with van der Waals surface area (Å²) in [4.78, 5) is 10.6. The van der Waals surface area contributed by atoms with Crippen LogP contribution in [0, 0.1) is 0 Å². The van der Waals surface area contributed by atoms with Gasteiger partial charge < -0.3 is 5.11 Å². The summed E-state index contributed by atoms with van der Waals surface area (Å²) in [6.07, 6.45) is 0. The summed E-state index contributed by atoms with van der Waals surface area (Å²) in [7, 11) is 0. The molecule has 2 nitrogen and oxygen atoms in total. The van der Waals surface area contributed by atoms with Gasteiger partial charge in [-0.1, -0.05) is 18.2 Å². The molecule has 1 unspecified atom stereocenters. The van der Waals surface area contributed by atoms with E-state index in [0.29, 0.717) is 0 Å². The quantitative estimate of drug-likeness (QED) is 0.668. The van der Waals surface area contributed by atoms with Crippen molar-refractivity contribution in [1.29, 1.82) is 0 Å². The maximum Gasteiger partial charge on any atom is 0.336 e. The summed E-state index contributed by atoms with van der Waals surface area (Å²) >= 11 is 1.54. The molecule has 12 heavy (non-hydrogen) atoms. The molecule has 0 heterocycles. The van der Waals surface area contributed by atoms with Gasteiger partial charge in [0.25, 0.3) is 0 Å². The minimum absolute atomic E-state index is 0.0272. The Bertz CT molecular complexity index is 299. The van der Waals surface area contributed by atoms with E-state index in [4.69, 9.17) is 5.11 Å². The van der Waals surface area contributed by atoms with E-state index < -0.39 is 10.1 Å². The lowest BCUT2D eigenvalue weighted by molar-refractivity contribution is 0.0695. The molecule has 0 spiro atoms. The minimum atomic E-state index is -1.27. The first-order chi connectivity index (χ1) is 5.63. The smallest absolute Gasteiger partial charge is 0.336 e. The second-order valence-corrected chi connectivity index (χ2v) is 3.29. The largest absolute Gasteiger partial charge is 0.478 e. The number of carboxylic acids is 1. The van der Waals surface area contributed by atoms with Gasteiger partial charge in [0, 0.05) is 5.56 Å². The van der Waals surface area contributed by atoms with Gasteiger partial charge in [0.1, 0.15) is 0 Å². The molecule has 0 amide bonds. The summed E-state index contributed by atoms with van der Waals surface area (Å²) < 4.78 is 11.5. The van der Waals surface area contributed by atoms with Crippen LogP contribution in [-0.2, 0) is 0 Å². The van der Waals surface area contributed by atoms with Crippen LogP contribution in [0.5, 0.6) is 0 Å². The van der Waals surface area contributed by atoms with E-state index >= 15 is 0 Å². The number of hydrogen-bond donors (Lipinski definition) is 1. The van der Waals surface area contributed by atoms with Crippen molar-refractivity contribution in [2.24, 2.45) is 0 Å². The minimum Gasteiger partial charge on any atom is -0.478 e. The molecule has 0 aromatic heterocycles. The summed E-state index contributed by atoms with van der Waals surface area (Å²) in [6, 6.07) is 6.06. The third kappa shape index (κ3) is 1.94. The lowest BCUT2D eigenvalue weighted by Crippen LogP contribution is -2.01. The van der Waals surface area contributed by atoms with E-state index in [9.17, 15) is 9.18 Å². The first kappa shape index (κ1) is 9.44. The van der Waals surface area contributed by atoms with Crippen molar-refractivity contribution in [3.05, 3.63) is 35.4 Å². The van der Waals surface area contributed by atoms with E-state index in [0.717, 1.165) is 0 Å². The second-order valence-electron chi connectivity index (χ2n) is 2.19. The van der Waals surface area contributed by atoms with Crippen LogP contribution < -0.4 is 0 Å². The van der Waals surface area contributed by atoms with Crippen LogP contribution >= 0.6 is 22.6 Å². The number of rotatable bonds is 2. The zero-order chi connectivity index (χ0) is 9.14. The maximum absolute atomic E-state index is 12.8. The Balaban J connectivity index is 3.17. The lowest BCUT2D eigenvalue weighted by atomic mass is 10.1. The fourth-order valence-corrected chi connectivity index (χ4v) is 1.43. The van der Waals surface area contributed by atoms with E-state index in [1.165, 1.54) is 34.7 Å². The molecule has 0 aliphatic heterocycles. The zero-order valence-corrected chi connectivity index (χ0v) is 8.16. The number of aromatic carboxylic acids is 1. The van der Waals surface area contributed by atoms with Crippen molar-refractivity contribution in [3.8, 4) is 0 Å². The molecule has 1 rings (SSSR count). The summed E-state index contributed by atoms with van der Waals surface area (Å²) in [6.45, 7) is 0. The van der Waals surface area contributed by atoms with Crippen molar-refractivity contribution < 1.29 is 14.3 Å². The molecular weight excluding hydrogens is 274 g/mol. The van der Waals surface area contributed by atoms with E-state index in [-0.39, 0.29) is 11.1 Å². The summed E-state index contributed by atoms with van der Waals surface area (Å²) in [5, 5.41) is 8.64. The normalized spacial score (nSPS) is 12.5. The van der Waals surface area contributed by atoms with Gasteiger partial charge >= 0.3 is 5.97 Å². The summed E-state index contributed by atoms with van der Waals surface area (Å²) in [5.74, 6) is -1.09. The molecule has 0 saturated heterocycles. The van der Waals surface area contributed by atoms with Gasteiger partial charge in [0.05, 0.1) is 5.56 Å². The fraction of sp³-hybridized carbons (Fsp3) is 0.125. The van der Waals surface area contributed by atoms with Gasteiger partial charge in [-0.25, -0.2) is 9.18 Å². The van der Waals surface area contributed by atoms with Crippen LogP contribution in [0.1, 0.15) is 20.1 Å². The van der Waals surface area contributed by atoms with Crippen molar-refractivity contribution in [2.75, 3.05) is 0 Å². The highest BCUT2D eigenvalue weighted by Crippen LogP contribution is 2.27. The molecule has 1 N–H and O–H groups in total. The number of benzene rings is 1. The van der Waals surface area contributed by atoms with Crippen LogP contribution in [-0.4, -0.2) is 11.1 Å². The number of halogens is 2. The number of carbonyl (C=O) groups is 1. The fourth-order valence-electron chi connectivity index (χ4n) is 0.882. The highest BCUT2D eigenvalue weighted by atomic mass is 127. The standard InChI is InChI=1S/C8H6FIO2/c9-7(10)5-3-1-2-4-6(5)8(11)12/h1-4,7H,(H,11,12). The number of carboxylic acid groups (broad SMARTS) is 1. The van der Waals surface area contributed by atoms with Crippen LogP contribution in [0.3, 0.4) is 0 Å². The Hall–Kier alpha value is -0.650. The molecule has 64 valence electrons. The van der Waals surface area contributed by atoms with Crippen molar-refractivity contribution in [3.63, 3.8) is 0 Å². The van der Waals surface area contributed by atoms with Crippen LogP contribution in [0.25, 0.3) is 0 Å². The molecular formula is C8H6FIO2. The monoisotopic (exact) mass is 280 g/mol. The number of hydrogen-bond acceptors (Lipinski definition) is 1. The highest BCUT2D eigenvalue weighted by molar-refractivity contribution is 14.1. The molecule has 4 heteroatoms. The SMILES string of the molecule is O=C(O)c1ccccc1C(F)I. The van der Waals surface area contributed by atoms with Crippen molar-refractivity contribution in [2.45, 2.75) is 4.18 Å². The van der Waals surface area contributed by atoms with Gasteiger partial charge in [0.2, 0.25) is 0 Å². The lowest BCUT2D eigenvalue weighted by Gasteiger charge is -2.03. The average Bonchev–Trinajstić information content (AvgIpc) is 2.04. The van der Waals surface area contributed by atoms with E-state index in [1.54, 1.807) is 12.1 Å². The van der Waals surface area contributed by atoms with E-state index in [2.05, 4.69) is 0 Å². The van der Waals surface area contributed by atoms with Crippen LogP contribution in [0.4, 0.5) is 4.39 Å². The Morgan fingerprint density at radius 1 is 1.50 bits per heavy atom. The highest BCUT2D eigenvalue weighted by Gasteiger charge is 2.14. The van der Waals surface area contributed by atoms with Crippen molar-refractivity contribution in [1.82, 2.24) is 0 Å². The van der Waals surface area contributed by atoms with Crippen molar-refractivity contribution >= 4 is 28.6 Å². The Kier molecular flexibility index (Phi) is 3.02. The molecule has 0 aliphatic rings. The van der Waals surface area contributed by atoms with Gasteiger partial charge in [-0.05, 0) is 28.7 Å². The topological polar surface area (TPSA) is 37.3 Å². The van der Waals surface area contributed by atoms with Crippen LogP contribution in [0.2, 0.25) is 0 Å². The van der Waals surface area contributed by atoms with Gasteiger partial charge in [-0.15, -0.1) is 0 Å². The predicted molar refractivity (Wildman–Crippen MR) is 51.3 cm³/mol. The first-order valence-corrected chi connectivity index (χ1v) is 4.48. The Morgan fingerprint density at radius 3 is 2.50 bits per heavy atom. The zero-order valence-electron chi connectivity index (χ0n) is 6.00. The Morgan fingerprint density at radius 2 is 2.08 bits per heavy atom. The molecule has 1 atom stereocenters. The van der Waals surface area contributed by atoms with Gasteiger partial charge in [-0.3, -0.25) is 0 Å². The molecule has 0 saturated carbocycles. The number of alkyl halides is 2. The first-order valence-electron chi connectivity index (χ1n) is 3.23. The molecule has 0 bridgehead atoms. The van der Waals surface area contributed by atoms with Gasteiger partial charge in [0.15, 0.2) is 4.18 Å². The molecule has 0 aliphatic carbocycles. The summed E-state index contributed by atoms with van der Waals surface area (Å²) in [5.41, 5.74) is 0.241. The maximum atomic E-state index is 12.8. The van der Waals surface area contributed by atoms with Gasteiger partial charge in [-0.2, -0.15) is 0 Å². The molecule has 0 fully saturated rings. The Labute approximate surface area is 82.5 Å². The second kappa shape index (κ2) is 3.84.